The smallest absolute Gasteiger partial charge is 0.213 e. The maximum absolute atomic E-state index is 5.67. The number of anilines is 1. The Hall–Kier alpha value is -1.55. The van der Waals surface area contributed by atoms with Crippen LogP contribution in [0.5, 0.6) is 0 Å². The Morgan fingerprint density at radius 1 is 1.32 bits per heavy atom. The van der Waals surface area contributed by atoms with Gasteiger partial charge in [-0.3, -0.25) is 5.43 Å². The van der Waals surface area contributed by atoms with Crippen LogP contribution in [0.1, 0.15) is 38.2 Å². The van der Waals surface area contributed by atoms with Crippen molar-refractivity contribution >= 4 is 11.6 Å². The largest absolute Gasteiger partial charge is 0.312 e. The Kier molecular flexibility index (Phi) is 4.80. The quantitative estimate of drug-likeness (QED) is 0.380. The molecular formula is C15H24N4. The Balaban J connectivity index is 2.20. The molecular weight excluding hydrogens is 236 g/mol. The molecule has 4 heteroatoms. The van der Waals surface area contributed by atoms with Gasteiger partial charge in [0.15, 0.2) is 0 Å². The molecule has 1 fully saturated rings. The number of benzene rings is 1. The van der Waals surface area contributed by atoms with Crippen molar-refractivity contribution in [2.45, 2.75) is 45.6 Å². The topological polar surface area (TPSA) is 53.6 Å². The lowest BCUT2D eigenvalue weighted by molar-refractivity contribution is 0.694. The van der Waals surface area contributed by atoms with Crippen LogP contribution in [0.2, 0.25) is 0 Å². The molecule has 0 atom stereocenters. The maximum atomic E-state index is 5.67. The second-order valence-electron chi connectivity index (χ2n) is 5.12. The number of aryl methyl sites for hydroxylation is 1. The van der Waals surface area contributed by atoms with E-state index in [2.05, 4.69) is 48.4 Å². The first-order chi connectivity index (χ1) is 9.24. The molecule has 0 amide bonds. The average Bonchev–Trinajstić information content (AvgIpc) is 2.93. The van der Waals surface area contributed by atoms with Gasteiger partial charge in [0, 0.05) is 12.2 Å². The standard InChI is InChI=1S/C15H24N4/c1-3-19(14-10-8-12(2)9-11-14)15(18-16)17-13-6-4-5-7-13/h8-11,13H,3-7,16H2,1-2H3,(H,17,18). The van der Waals surface area contributed by atoms with Gasteiger partial charge >= 0.3 is 0 Å². The summed E-state index contributed by atoms with van der Waals surface area (Å²) in [6, 6.07) is 8.87. The first kappa shape index (κ1) is 13.9. The van der Waals surface area contributed by atoms with Crippen molar-refractivity contribution in [3.05, 3.63) is 29.8 Å². The minimum Gasteiger partial charge on any atom is -0.312 e. The molecule has 0 bridgehead atoms. The summed E-state index contributed by atoms with van der Waals surface area (Å²) in [5.74, 6) is 6.45. The molecule has 0 spiro atoms. The highest BCUT2D eigenvalue weighted by molar-refractivity contribution is 5.95. The molecule has 4 nitrogen and oxygen atoms in total. The molecule has 1 aromatic carbocycles. The van der Waals surface area contributed by atoms with E-state index < -0.39 is 0 Å². The highest BCUT2D eigenvalue weighted by Gasteiger charge is 2.17. The van der Waals surface area contributed by atoms with Crippen LogP contribution in [0.25, 0.3) is 0 Å². The second-order valence-corrected chi connectivity index (χ2v) is 5.12. The van der Waals surface area contributed by atoms with Crippen LogP contribution >= 0.6 is 0 Å². The van der Waals surface area contributed by atoms with E-state index in [0.717, 1.165) is 18.2 Å². The minimum atomic E-state index is 0.422. The Bertz CT molecular complexity index is 418. The SMILES string of the molecule is CCN(C(=NC1CCCC1)NN)c1ccc(C)cc1. The van der Waals surface area contributed by atoms with E-state index in [1.165, 1.54) is 31.2 Å². The van der Waals surface area contributed by atoms with Gasteiger partial charge in [-0.05, 0) is 38.8 Å². The number of nitrogens with zero attached hydrogens (tertiary/aromatic N) is 2. The number of hydrazine groups is 1. The Morgan fingerprint density at radius 2 is 1.95 bits per heavy atom. The first-order valence-corrected chi connectivity index (χ1v) is 7.13. The summed E-state index contributed by atoms with van der Waals surface area (Å²) in [7, 11) is 0. The first-order valence-electron chi connectivity index (χ1n) is 7.13. The van der Waals surface area contributed by atoms with E-state index >= 15 is 0 Å². The lowest BCUT2D eigenvalue weighted by Gasteiger charge is -2.25. The van der Waals surface area contributed by atoms with Crippen molar-refractivity contribution < 1.29 is 0 Å². The molecule has 2 rings (SSSR count). The minimum absolute atomic E-state index is 0.422. The summed E-state index contributed by atoms with van der Waals surface area (Å²) < 4.78 is 0. The molecule has 0 unspecified atom stereocenters. The third kappa shape index (κ3) is 3.47. The van der Waals surface area contributed by atoms with Gasteiger partial charge in [-0.15, -0.1) is 0 Å². The van der Waals surface area contributed by atoms with E-state index in [1.54, 1.807) is 0 Å². The normalized spacial score (nSPS) is 16.7. The third-order valence-electron chi connectivity index (χ3n) is 3.68. The van der Waals surface area contributed by atoms with Crippen molar-refractivity contribution in [1.29, 1.82) is 0 Å². The zero-order chi connectivity index (χ0) is 13.7. The van der Waals surface area contributed by atoms with Crippen molar-refractivity contribution in [3.8, 4) is 0 Å². The number of hydrogen-bond acceptors (Lipinski definition) is 2. The average molecular weight is 260 g/mol. The van der Waals surface area contributed by atoms with Gasteiger partial charge < -0.3 is 4.90 Å². The summed E-state index contributed by atoms with van der Waals surface area (Å²) in [4.78, 5) is 6.89. The van der Waals surface area contributed by atoms with Gasteiger partial charge in [-0.25, -0.2) is 10.8 Å². The van der Waals surface area contributed by atoms with Crippen molar-refractivity contribution in [2.75, 3.05) is 11.4 Å². The van der Waals surface area contributed by atoms with Gasteiger partial charge in [-0.1, -0.05) is 30.5 Å². The van der Waals surface area contributed by atoms with Gasteiger partial charge in [-0.2, -0.15) is 0 Å². The van der Waals surface area contributed by atoms with E-state index in [-0.39, 0.29) is 0 Å². The molecule has 1 aromatic rings. The molecule has 0 heterocycles. The summed E-state index contributed by atoms with van der Waals surface area (Å²) in [5, 5.41) is 0. The summed E-state index contributed by atoms with van der Waals surface area (Å²) in [6.45, 7) is 5.05. The molecule has 0 saturated heterocycles. The lowest BCUT2D eigenvalue weighted by Crippen LogP contribution is -2.45. The highest BCUT2D eigenvalue weighted by atomic mass is 15.4. The lowest BCUT2D eigenvalue weighted by atomic mass is 10.2. The van der Waals surface area contributed by atoms with Crippen molar-refractivity contribution in [2.24, 2.45) is 10.8 Å². The van der Waals surface area contributed by atoms with Crippen LogP contribution in [-0.4, -0.2) is 18.5 Å². The van der Waals surface area contributed by atoms with E-state index in [9.17, 15) is 0 Å². The second kappa shape index (κ2) is 6.57. The van der Waals surface area contributed by atoms with Crippen LogP contribution in [0.15, 0.2) is 29.3 Å². The van der Waals surface area contributed by atoms with Gasteiger partial charge in [0.05, 0.1) is 6.04 Å². The van der Waals surface area contributed by atoms with E-state index in [1.807, 2.05) is 0 Å². The number of nitrogens with two attached hydrogens (primary N) is 1. The van der Waals surface area contributed by atoms with Crippen molar-refractivity contribution in [3.63, 3.8) is 0 Å². The van der Waals surface area contributed by atoms with E-state index in [4.69, 9.17) is 10.8 Å². The number of rotatable bonds is 3. The van der Waals surface area contributed by atoms with Gasteiger partial charge in [0.1, 0.15) is 0 Å². The van der Waals surface area contributed by atoms with Crippen LogP contribution in [0, 0.1) is 6.92 Å². The van der Waals surface area contributed by atoms with Crippen LogP contribution in [0.4, 0.5) is 5.69 Å². The third-order valence-corrected chi connectivity index (χ3v) is 3.68. The molecule has 19 heavy (non-hydrogen) atoms. The van der Waals surface area contributed by atoms with Crippen LogP contribution < -0.4 is 16.2 Å². The zero-order valence-corrected chi connectivity index (χ0v) is 11.9. The number of hydrogen-bond donors (Lipinski definition) is 2. The zero-order valence-electron chi connectivity index (χ0n) is 11.9. The molecule has 1 aliphatic carbocycles. The Labute approximate surface area is 115 Å². The fraction of sp³-hybridized carbons (Fsp3) is 0.533. The molecule has 0 radical (unpaired) electrons. The Morgan fingerprint density at radius 3 is 2.47 bits per heavy atom. The number of aliphatic imine (C=N–C) groups is 1. The molecule has 104 valence electrons. The number of guanidine groups is 1. The molecule has 0 aromatic heterocycles. The van der Waals surface area contributed by atoms with Crippen molar-refractivity contribution in [1.82, 2.24) is 5.43 Å². The van der Waals surface area contributed by atoms with Crippen LogP contribution in [-0.2, 0) is 0 Å². The molecule has 1 saturated carbocycles. The molecule has 1 aliphatic rings. The predicted molar refractivity (Wildman–Crippen MR) is 81.2 cm³/mol. The van der Waals surface area contributed by atoms with Gasteiger partial charge in [0.2, 0.25) is 5.96 Å². The van der Waals surface area contributed by atoms with Crippen LogP contribution in [0.3, 0.4) is 0 Å². The molecule has 0 aliphatic heterocycles. The van der Waals surface area contributed by atoms with Gasteiger partial charge in [0.25, 0.3) is 0 Å². The fourth-order valence-electron chi connectivity index (χ4n) is 2.57. The molecule has 3 N–H and O–H groups in total. The predicted octanol–water partition coefficient (Wildman–Crippen LogP) is 2.58. The number of nitrogens with one attached hydrogen (secondary N) is 1. The maximum Gasteiger partial charge on any atom is 0.213 e. The fourth-order valence-corrected chi connectivity index (χ4v) is 2.57. The summed E-state index contributed by atoms with van der Waals surface area (Å²) >= 11 is 0. The highest BCUT2D eigenvalue weighted by Crippen LogP contribution is 2.22. The summed E-state index contributed by atoms with van der Waals surface area (Å²) in [6.07, 6.45) is 4.92. The summed E-state index contributed by atoms with van der Waals surface area (Å²) in [5.41, 5.74) is 5.16. The van der Waals surface area contributed by atoms with E-state index in [0.29, 0.717) is 6.04 Å². The monoisotopic (exact) mass is 260 g/mol.